The van der Waals surface area contributed by atoms with Gasteiger partial charge in [-0.1, -0.05) is 54.6 Å². The van der Waals surface area contributed by atoms with Gasteiger partial charge < -0.3 is 5.32 Å². The molecule has 1 aliphatic heterocycles. The lowest BCUT2D eigenvalue weighted by Crippen LogP contribution is -2.35. The zero-order valence-corrected chi connectivity index (χ0v) is 20.3. The largest absolute Gasteiger partial charge is 0.326 e. The minimum Gasteiger partial charge on any atom is -0.326 e. The molecule has 0 spiro atoms. The van der Waals surface area contributed by atoms with E-state index in [2.05, 4.69) is 5.32 Å². The lowest BCUT2D eigenvalue weighted by atomic mass is 10.0. The maximum Gasteiger partial charge on any atom is 0.264 e. The summed E-state index contributed by atoms with van der Waals surface area (Å²) in [5.41, 5.74) is 5.17. The van der Waals surface area contributed by atoms with Crippen molar-refractivity contribution in [3.8, 4) is 11.1 Å². The van der Waals surface area contributed by atoms with Crippen LogP contribution in [0, 0.1) is 5.82 Å². The maximum absolute atomic E-state index is 13.3. The monoisotopic (exact) mass is 500 g/mol. The Morgan fingerprint density at radius 1 is 0.861 bits per heavy atom. The quantitative estimate of drug-likeness (QED) is 0.363. The van der Waals surface area contributed by atoms with Gasteiger partial charge in [0.2, 0.25) is 5.91 Å². The van der Waals surface area contributed by atoms with E-state index in [9.17, 15) is 17.6 Å². The molecular formula is C29H25FN2O3S. The number of hydrogen-bond donors (Lipinski definition) is 1. The van der Waals surface area contributed by atoms with Gasteiger partial charge in [0.25, 0.3) is 10.0 Å². The number of nitrogens with one attached hydrogen (secondary N) is 1. The number of halogens is 1. The summed E-state index contributed by atoms with van der Waals surface area (Å²) in [5, 5.41) is 2.93. The minimum absolute atomic E-state index is 0.0485. The first kappa shape index (κ1) is 23.8. The number of hydrogen-bond acceptors (Lipinski definition) is 3. The van der Waals surface area contributed by atoms with Gasteiger partial charge in [0, 0.05) is 12.2 Å². The first-order valence-corrected chi connectivity index (χ1v) is 13.2. The van der Waals surface area contributed by atoms with Gasteiger partial charge in [-0.3, -0.25) is 9.10 Å². The molecule has 5 rings (SSSR count). The molecule has 1 amide bonds. The number of sulfonamides is 1. The number of rotatable bonds is 6. The highest BCUT2D eigenvalue weighted by molar-refractivity contribution is 7.92. The Kier molecular flexibility index (Phi) is 6.57. The van der Waals surface area contributed by atoms with Crippen LogP contribution in [-0.4, -0.2) is 20.9 Å². The summed E-state index contributed by atoms with van der Waals surface area (Å²) in [7, 11) is -3.81. The summed E-state index contributed by atoms with van der Waals surface area (Å²) in [5.74, 6) is -0.630. The van der Waals surface area contributed by atoms with E-state index in [1.807, 2.05) is 60.7 Å². The van der Waals surface area contributed by atoms with E-state index < -0.39 is 15.8 Å². The highest BCUT2D eigenvalue weighted by Gasteiger charge is 2.29. The topological polar surface area (TPSA) is 66.5 Å². The number of fused-ring (bicyclic) bond motifs is 1. The molecule has 0 unspecified atom stereocenters. The second-order valence-electron chi connectivity index (χ2n) is 8.77. The van der Waals surface area contributed by atoms with Crippen molar-refractivity contribution >= 4 is 27.3 Å². The van der Waals surface area contributed by atoms with Gasteiger partial charge in [0.05, 0.1) is 17.0 Å². The van der Waals surface area contributed by atoms with Gasteiger partial charge in [0.1, 0.15) is 5.82 Å². The van der Waals surface area contributed by atoms with Crippen LogP contribution in [-0.2, 0) is 27.7 Å². The van der Waals surface area contributed by atoms with Gasteiger partial charge in [0.15, 0.2) is 0 Å². The first-order chi connectivity index (χ1) is 17.4. The molecule has 0 aliphatic carbocycles. The molecule has 1 aliphatic rings. The van der Waals surface area contributed by atoms with Crippen LogP contribution < -0.4 is 9.62 Å². The Morgan fingerprint density at radius 2 is 1.56 bits per heavy atom. The van der Waals surface area contributed by atoms with Crippen LogP contribution in [0.15, 0.2) is 102 Å². The first-order valence-electron chi connectivity index (χ1n) is 11.8. The van der Waals surface area contributed by atoms with Crippen LogP contribution in [0.2, 0.25) is 0 Å². The predicted molar refractivity (Wildman–Crippen MR) is 140 cm³/mol. The van der Waals surface area contributed by atoms with Crippen LogP contribution in [0.3, 0.4) is 0 Å². The van der Waals surface area contributed by atoms with E-state index in [0.717, 1.165) is 34.4 Å². The molecule has 0 saturated heterocycles. The predicted octanol–water partition coefficient (Wildman–Crippen LogP) is 5.82. The van der Waals surface area contributed by atoms with Crippen molar-refractivity contribution in [1.82, 2.24) is 0 Å². The highest BCUT2D eigenvalue weighted by Crippen LogP contribution is 2.34. The fourth-order valence-corrected chi connectivity index (χ4v) is 6.00. The fraction of sp³-hybridized carbons (Fsp3) is 0.138. The molecule has 0 fully saturated rings. The molecule has 36 heavy (non-hydrogen) atoms. The van der Waals surface area contributed by atoms with Crippen molar-refractivity contribution in [2.24, 2.45) is 0 Å². The average molecular weight is 501 g/mol. The Bertz CT molecular complexity index is 1490. The van der Waals surface area contributed by atoms with Crippen molar-refractivity contribution in [1.29, 1.82) is 0 Å². The summed E-state index contributed by atoms with van der Waals surface area (Å²) in [6.07, 6.45) is 1.59. The van der Waals surface area contributed by atoms with E-state index in [-0.39, 0.29) is 17.2 Å². The molecule has 0 radical (unpaired) electrons. The van der Waals surface area contributed by atoms with Crippen molar-refractivity contribution in [3.63, 3.8) is 0 Å². The smallest absolute Gasteiger partial charge is 0.264 e. The van der Waals surface area contributed by atoms with E-state index in [1.165, 1.54) is 16.4 Å². The van der Waals surface area contributed by atoms with Gasteiger partial charge in [-0.15, -0.1) is 0 Å². The maximum atomic E-state index is 13.3. The van der Waals surface area contributed by atoms with Crippen LogP contribution >= 0.6 is 0 Å². The number of anilines is 2. The molecule has 0 atom stereocenters. The average Bonchev–Trinajstić information content (AvgIpc) is 2.89. The van der Waals surface area contributed by atoms with Crippen molar-refractivity contribution in [2.75, 3.05) is 16.2 Å². The van der Waals surface area contributed by atoms with E-state index >= 15 is 0 Å². The van der Waals surface area contributed by atoms with Gasteiger partial charge in [-0.05, 0) is 77.6 Å². The molecule has 0 bridgehead atoms. The number of carbonyl (C=O) groups is 1. The summed E-state index contributed by atoms with van der Waals surface area (Å²) < 4.78 is 41.0. The zero-order valence-electron chi connectivity index (χ0n) is 19.5. The Labute approximate surface area is 210 Å². The highest BCUT2D eigenvalue weighted by atomic mass is 32.2. The third-order valence-corrected chi connectivity index (χ3v) is 8.09. The third kappa shape index (κ3) is 5.02. The number of carbonyl (C=O) groups excluding carboxylic acids is 1. The molecule has 5 nitrogen and oxygen atoms in total. The summed E-state index contributed by atoms with van der Waals surface area (Å²) in [6.45, 7) is 0.345. The van der Waals surface area contributed by atoms with E-state index in [0.29, 0.717) is 30.8 Å². The van der Waals surface area contributed by atoms with Gasteiger partial charge in [-0.2, -0.15) is 0 Å². The van der Waals surface area contributed by atoms with Crippen molar-refractivity contribution in [2.45, 2.75) is 24.2 Å². The molecule has 7 heteroatoms. The second kappa shape index (κ2) is 9.95. The Balaban J connectivity index is 1.28. The number of nitrogens with zero attached hydrogens (tertiary/aromatic N) is 1. The van der Waals surface area contributed by atoms with Gasteiger partial charge in [-0.25, -0.2) is 12.8 Å². The molecule has 0 saturated carbocycles. The number of aryl methyl sites for hydroxylation is 1. The summed E-state index contributed by atoms with van der Waals surface area (Å²) >= 11 is 0. The minimum atomic E-state index is -3.81. The lowest BCUT2D eigenvalue weighted by Gasteiger charge is -2.31. The summed E-state index contributed by atoms with van der Waals surface area (Å²) in [6, 6.07) is 28.1. The van der Waals surface area contributed by atoms with Crippen LogP contribution in [0.5, 0.6) is 0 Å². The molecular weight excluding hydrogens is 475 g/mol. The molecule has 0 aromatic heterocycles. The standard InChI is InChI=1S/C29H25FN2O3S/c30-25-12-15-27(16-13-25)36(34,35)32-18-4-7-24-20-26(14-17-28(24)32)31-29(33)19-21-8-10-23(11-9-21)22-5-2-1-3-6-22/h1-3,5-6,8-17,20H,4,7,18-19H2,(H,31,33). The molecule has 1 heterocycles. The normalized spacial score (nSPS) is 13.2. The van der Waals surface area contributed by atoms with Crippen LogP contribution in [0.4, 0.5) is 15.8 Å². The SMILES string of the molecule is O=C(Cc1ccc(-c2ccccc2)cc1)Nc1ccc2c(c1)CCCN2S(=O)(=O)c1ccc(F)cc1. The molecule has 182 valence electrons. The number of benzene rings is 4. The van der Waals surface area contributed by atoms with Crippen molar-refractivity contribution in [3.05, 3.63) is 114 Å². The molecule has 1 N–H and O–H groups in total. The third-order valence-electron chi connectivity index (χ3n) is 6.27. The lowest BCUT2D eigenvalue weighted by molar-refractivity contribution is -0.115. The Morgan fingerprint density at radius 3 is 2.28 bits per heavy atom. The van der Waals surface area contributed by atoms with E-state index in [4.69, 9.17) is 0 Å². The van der Waals surface area contributed by atoms with Crippen molar-refractivity contribution < 1.29 is 17.6 Å². The van der Waals surface area contributed by atoms with Crippen LogP contribution in [0.25, 0.3) is 11.1 Å². The van der Waals surface area contributed by atoms with Gasteiger partial charge >= 0.3 is 0 Å². The molecule has 4 aromatic rings. The Hall–Kier alpha value is -3.97. The zero-order chi connectivity index (χ0) is 25.1. The second-order valence-corrected chi connectivity index (χ2v) is 10.6. The molecule has 4 aromatic carbocycles. The number of amides is 1. The van der Waals surface area contributed by atoms with Crippen LogP contribution in [0.1, 0.15) is 17.5 Å². The van der Waals surface area contributed by atoms with E-state index in [1.54, 1.807) is 12.1 Å². The summed E-state index contributed by atoms with van der Waals surface area (Å²) in [4.78, 5) is 12.7. The fourth-order valence-electron chi connectivity index (χ4n) is 4.46.